The smallest absolute Gasteiger partial charge is 0.310 e. The highest BCUT2D eigenvalue weighted by atomic mass is 32.1. The molecule has 0 saturated carbocycles. The summed E-state index contributed by atoms with van der Waals surface area (Å²) in [6, 6.07) is 12.5. The summed E-state index contributed by atoms with van der Waals surface area (Å²) in [4.78, 5) is 16.7. The molecular weight excluding hydrogens is 428 g/mol. The molecule has 0 aliphatic heterocycles. The van der Waals surface area contributed by atoms with E-state index in [9.17, 15) is 9.90 Å². The van der Waals surface area contributed by atoms with Gasteiger partial charge in [-0.15, -0.1) is 0 Å². The fourth-order valence-electron chi connectivity index (χ4n) is 3.29. The summed E-state index contributed by atoms with van der Waals surface area (Å²) in [7, 11) is -0.319. The highest BCUT2D eigenvalue weighted by molar-refractivity contribution is 7.16. The van der Waals surface area contributed by atoms with Crippen molar-refractivity contribution in [2.24, 2.45) is 0 Å². The zero-order valence-corrected chi connectivity index (χ0v) is 19.6. The van der Waals surface area contributed by atoms with E-state index in [1.54, 1.807) is 21.4 Å². The van der Waals surface area contributed by atoms with Gasteiger partial charge in [0.2, 0.25) is 0 Å². The largest absolute Gasteiger partial charge is 0.506 e. The van der Waals surface area contributed by atoms with Gasteiger partial charge in [-0.3, -0.25) is 9.36 Å². The average Bonchev–Trinajstić information content (AvgIpc) is 3.35. The number of fused-ring (bicyclic) bond motifs is 1. The van der Waals surface area contributed by atoms with Crippen LogP contribution in [0, 0.1) is 0 Å². The molecule has 161 valence electrons. The molecule has 1 unspecified atom stereocenters. The van der Waals surface area contributed by atoms with Gasteiger partial charge in [0.1, 0.15) is 12.5 Å². The number of benzene rings is 1. The van der Waals surface area contributed by atoms with E-state index in [4.69, 9.17) is 4.74 Å². The average molecular weight is 454 g/mol. The number of thiazole rings is 1. The molecule has 1 aromatic carbocycles. The highest BCUT2D eigenvalue weighted by Crippen LogP contribution is 2.28. The van der Waals surface area contributed by atoms with Gasteiger partial charge in [-0.05, 0) is 41.9 Å². The van der Waals surface area contributed by atoms with Gasteiger partial charge in [0, 0.05) is 27.5 Å². The molecule has 1 radical (unpaired) electrons. The maximum atomic E-state index is 12.5. The second-order valence-corrected chi connectivity index (χ2v) is 11.7. The summed E-state index contributed by atoms with van der Waals surface area (Å²) >= 11 is 1.25. The normalized spacial score (nSPS) is 12.6. The van der Waals surface area contributed by atoms with E-state index in [2.05, 4.69) is 36.2 Å². The van der Waals surface area contributed by atoms with E-state index in [0.717, 1.165) is 27.5 Å². The van der Waals surface area contributed by atoms with E-state index in [0.29, 0.717) is 19.2 Å². The zero-order valence-electron chi connectivity index (χ0n) is 17.8. The predicted octanol–water partition coefficient (Wildman–Crippen LogP) is 4.23. The number of hydrogen-bond donors (Lipinski definition) is 1. The molecule has 0 aliphatic rings. The highest BCUT2D eigenvalue weighted by Gasteiger charge is 2.15. The Labute approximate surface area is 186 Å². The number of ether oxygens (including phenoxy) is 1. The van der Waals surface area contributed by atoms with Crippen molar-refractivity contribution >= 4 is 30.4 Å². The number of aromatic nitrogens is 4. The van der Waals surface area contributed by atoms with Gasteiger partial charge >= 0.3 is 4.87 Å². The first-order chi connectivity index (χ1) is 14.9. The molecule has 0 saturated heterocycles. The van der Waals surface area contributed by atoms with Crippen molar-refractivity contribution in [1.29, 1.82) is 0 Å². The summed E-state index contributed by atoms with van der Waals surface area (Å²) in [5.41, 5.74) is 2.90. The Bertz CT molecular complexity index is 1230. The Balaban J connectivity index is 1.53. The second-order valence-electron chi connectivity index (χ2n) is 7.80. The summed E-state index contributed by atoms with van der Waals surface area (Å²) in [6.07, 6.45) is 3.25. The third kappa shape index (κ3) is 4.78. The lowest BCUT2D eigenvalue weighted by atomic mass is 9.98. The minimum absolute atomic E-state index is 0.000937. The van der Waals surface area contributed by atoms with Crippen molar-refractivity contribution in [2.45, 2.75) is 38.7 Å². The van der Waals surface area contributed by atoms with Gasteiger partial charge in [-0.25, -0.2) is 9.67 Å². The summed E-state index contributed by atoms with van der Waals surface area (Å²) < 4.78 is 10.1. The molecule has 0 spiro atoms. The molecule has 0 amide bonds. The number of aromatic hydroxyl groups is 1. The summed E-state index contributed by atoms with van der Waals surface area (Å²) in [5.74, 6) is 0.816. The SMILES string of the molecule is CC(c1ccc2c(c1)sc(=O)n2COCC[Si](C)C)c1ccn(-c2ccc(O)cn2)n1. The molecule has 4 rings (SSSR count). The first-order valence-electron chi connectivity index (χ1n) is 10.1. The van der Waals surface area contributed by atoms with Crippen LogP contribution in [0.3, 0.4) is 0 Å². The third-order valence-corrected chi connectivity index (χ3v) is 7.33. The van der Waals surface area contributed by atoms with E-state index in [1.165, 1.54) is 17.5 Å². The Kier molecular flexibility index (Phi) is 6.35. The van der Waals surface area contributed by atoms with Crippen molar-refractivity contribution < 1.29 is 9.84 Å². The van der Waals surface area contributed by atoms with Crippen LogP contribution in [-0.2, 0) is 11.5 Å². The van der Waals surface area contributed by atoms with Crippen molar-refractivity contribution in [3.05, 3.63) is 69.7 Å². The van der Waals surface area contributed by atoms with Crippen LogP contribution in [0.25, 0.3) is 16.0 Å². The van der Waals surface area contributed by atoms with Crippen molar-refractivity contribution in [3.63, 3.8) is 0 Å². The van der Waals surface area contributed by atoms with E-state index in [-0.39, 0.29) is 25.3 Å². The number of hydrogen-bond acceptors (Lipinski definition) is 6. The summed E-state index contributed by atoms with van der Waals surface area (Å²) in [5, 5.41) is 14.1. The molecule has 0 fully saturated rings. The van der Waals surface area contributed by atoms with Crippen LogP contribution in [0.2, 0.25) is 19.1 Å². The number of nitrogens with zero attached hydrogens (tertiary/aromatic N) is 4. The van der Waals surface area contributed by atoms with Crippen LogP contribution in [0.1, 0.15) is 24.1 Å². The molecule has 9 heteroatoms. The molecule has 3 aromatic heterocycles. The monoisotopic (exact) mass is 453 g/mol. The lowest BCUT2D eigenvalue weighted by Crippen LogP contribution is -2.16. The molecule has 0 bridgehead atoms. The minimum atomic E-state index is -0.319. The van der Waals surface area contributed by atoms with Gasteiger partial charge in [0.05, 0.1) is 22.1 Å². The Morgan fingerprint density at radius 1 is 1.23 bits per heavy atom. The summed E-state index contributed by atoms with van der Waals surface area (Å²) in [6.45, 7) is 7.60. The molecule has 7 nitrogen and oxygen atoms in total. The first kappa shape index (κ1) is 21.5. The van der Waals surface area contributed by atoms with Gasteiger partial charge in [-0.1, -0.05) is 37.4 Å². The lowest BCUT2D eigenvalue weighted by Gasteiger charge is -2.10. The lowest BCUT2D eigenvalue weighted by molar-refractivity contribution is 0.0892. The van der Waals surface area contributed by atoms with Crippen molar-refractivity contribution in [3.8, 4) is 11.6 Å². The van der Waals surface area contributed by atoms with Gasteiger partial charge in [0.15, 0.2) is 5.82 Å². The molecule has 1 atom stereocenters. The Hall–Kier alpha value is -2.75. The van der Waals surface area contributed by atoms with Crippen LogP contribution in [-0.4, -0.2) is 39.8 Å². The number of rotatable bonds is 8. The second kappa shape index (κ2) is 9.17. The maximum absolute atomic E-state index is 12.5. The van der Waals surface area contributed by atoms with E-state index < -0.39 is 0 Å². The molecule has 0 aliphatic carbocycles. The fourth-order valence-corrected chi connectivity index (χ4v) is 4.77. The Morgan fingerprint density at radius 2 is 2.06 bits per heavy atom. The van der Waals surface area contributed by atoms with Crippen LogP contribution in [0.15, 0.2) is 53.6 Å². The predicted molar refractivity (Wildman–Crippen MR) is 125 cm³/mol. The van der Waals surface area contributed by atoms with E-state index in [1.807, 2.05) is 24.4 Å². The molecule has 4 aromatic rings. The van der Waals surface area contributed by atoms with Crippen molar-refractivity contribution in [2.75, 3.05) is 6.61 Å². The van der Waals surface area contributed by atoms with Crippen LogP contribution in [0.4, 0.5) is 0 Å². The minimum Gasteiger partial charge on any atom is -0.506 e. The van der Waals surface area contributed by atoms with Crippen molar-refractivity contribution in [1.82, 2.24) is 19.3 Å². The molecule has 31 heavy (non-hydrogen) atoms. The third-order valence-electron chi connectivity index (χ3n) is 5.18. The number of pyridine rings is 1. The Morgan fingerprint density at radius 3 is 2.81 bits per heavy atom. The maximum Gasteiger partial charge on any atom is 0.310 e. The van der Waals surface area contributed by atoms with Gasteiger partial charge < -0.3 is 9.84 Å². The van der Waals surface area contributed by atoms with Gasteiger partial charge in [-0.2, -0.15) is 5.10 Å². The molecular formula is C22H25N4O3SSi. The van der Waals surface area contributed by atoms with Crippen LogP contribution < -0.4 is 4.87 Å². The van der Waals surface area contributed by atoms with Gasteiger partial charge in [0.25, 0.3) is 0 Å². The van der Waals surface area contributed by atoms with Crippen LogP contribution in [0.5, 0.6) is 5.75 Å². The quantitative estimate of drug-likeness (QED) is 0.319. The first-order valence-corrected chi connectivity index (χ1v) is 13.7. The fraction of sp³-hybridized carbons (Fsp3) is 0.318. The zero-order chi connectivity index (χ0) is 22.0. The molecule has 1 N–H and O–H groups in total. The topological polar surface area (TPSA) is 82.2 Å². The van der Waals surface area contributed by atoms with E-state index >= 15 is 0 Å². The standard InChI is InChI=1S/C22H25N4O3SSi/c1-15(18-8-9-26(24-18)21-7-5-17(27)13-23-21)16-4-6-19-20(12-16)30-22(28)25(19)14-29-10-11-31(2)3/h4-9,12-13,15,27H,10-11,14H2,1-3H3. The van der Waals surface area contributed by atoms with Crippen LogP contribution >= 0.6 is 11.3 Å². The molecule has 3 heterocycles.